The van der Waals surface area contributed by atoms with E-state index >= 15 is 0 Å². The predicted molar refractivity (Wildman–Crippen MR) is 78.6 cm³/mol. The van der Waals surface area contributed by atoms with Crippen molar-refractivity contribution in [3.8, 4) is 0 Å². The van der Waals surface area contributed by atoms with Gasteiger partial charge < -0.3 is 9.64 Å². The fraction of sp³-hybridized carbons (Fsp3) is 0.588. The third-order valence-corrected chi connectivity index (χ3v) is 4.80. The minimum atomic E-state index is -4.36. The molecule has 2 heterocycles. The van der Waals surface area contributed by atoms with Gasteiger partial charge in [-0.3, -0.25) is 4.79 Å². The molecule has 2 aliphatic rings. The first-order valence-electron chi connectivity index (χ1n) is 7.96. The first-order chi connectivity index (χ1) is 10.9. The highest BCUT2D eigenvalue weighted by Crippen LogP contribution is 2.36. The number of hydrogen-bond donors (Lipinski definition) is 0. The van der Waals surface area contributed by atoms with Crippen LogP contribution in [0.4, 0.5) is 13.2 Å². The van der Waals surface area contributed by atoms with Crippen LogP contribution >= 0.6 is 0 Å². The van der Waals surface area contributed by atoms with Crippen molar-refractivity contribution >= 4 is 5.91 Å². The fourth-order valence-electron chi connectivity index (χ4n) is 3.46. The van der Waals surface area contributed by atoms with Crippen LogP contribution < -0.4 is 0 Å². The van der Waals surface area contributed by atoms with E-state index in [4.69, 9.17) is 4.74 Å². The molecule has 1 amide bonds. The van der Waals surface area contributed by atoms with E-state index in [-0.39, 0.29) is 18.1 Å². The number of halogens is 3. The minimum Gasteiger partial charge on any atom is -0.375 e. The van der Waals surface area contributed by atoms with E-state index < -0.39 is 11.7 Å². The Hall–Kier alpha value is -1.56. The molecular weight excluding hydrogens is 307 g/mol. The quantitative estimate of drug-likeness (QED) is 0.827. The first kappa shape index (κ1) is 16.3. The van der Waals surface area contributed by atoms with E-state index in [2.05, 4.69) is 0 Å². The van der Waals surface area contributed by atoms with Crippen molar-refractivity contribution in [3.05, 3.63) is 35.4 Å². The zero-order chi connectivity index (χ0) is 16.5. The molecule has 1 atom stereocenters. The number of carbonyl (C=O) groups excluding carboxylic acids is 1. The molecule has 0 aromatic heterocycles. The summed E-state index contributed by atoms with van der Waals surface area (Å²) >= 11 is 0. The highest BCUT2D eigenvalue weighted by molar-refractivity contribution is 5.76. The van der Waals surface area contributed by atoms with Crippen LogP contribution in [0, 0.1) is 0 Å². The van der Waals surface area contributed by atoms with E-state index in [1.165, 1.54) is 6.07 Å². The second-order valence-electron chi connectivity index (χ2n) is 6.40. The summed E-state index contributed by atoms with van der Waals surface area (Å²) in [4.78, 5) is 13.9. The molecule has 2 saturated heterocycles. The molecule has 1 spiro atoms. The van der Waals surface area contributed by atoms with Crippen molar-refractivity contribution in [2.45, 2.75) is 50.4 Å². The van der Waals surface area contributed by atoms with Gasteiger partial charge in [0.05, 0.1) is 11.2 Å². The maximum absolute atomic E-state index is 12.8. The van der Waals surface area contributed by atoms with Crippen LogP contribution in [0.3, 0.4) is 0 Å². The number of benzene rings is 1. The molecule has 3 nitrogen and oxygen atoms in total. The van der Waals surface area contributed by atoms with E-state index in [0.29, 0.717) is 24.9 Å². The van der Waals surface area contributed by atoms with Crippen molar-refractivity contribution in [2.24, 2.45) is 0 Å². The highest BCUT2D eigenvalue weighted by atomic mass is 19.4. The molecule has 1 unspecified atom stereocenters. The van der Waals surface area contributed by atoms with Crippen LogP contribution in [-0.4, -0.2) is 29.6 Å². The predicted octanol–water partition coefficient (Wildman–Crippen LogP) is 3.77. The lowest BCUT2D eigenvalue weighted by molar-refractivity contribution is -0.137. The van der Waals surface area contributed by atoms with Gasteiger partial charge in [0.25, 0.3) is 0 Å². The average molecular weight is 327 g/mol. The smallest absolute Gasteiger partial charge is 0.375 e. The summed E-state index contributed by atoms with van der Waals surface area (Å²) in [5.41, 5.74) is -0.359. The van der Waals surface area contributed by atoms with Crippen LogP contribution in [0.1, 0.15) is 43.2 Å². The fourth-order valence-corrected chi connectivity index (χ4v) is 3.46. The molecular formula is C17H20F3NO2. The number of rotatable bonds is 2. The summed E-state index contributed by atoms with van der Waals surface area (Å²) in [6.45, 7) is 1.50. The number of amides is 1. The minimum absolute atomic E-state index is 0.00483. The van der Waals surface area contributed by atoms with Gasteiger partial charge in [-0.05, 0) is 43.4 Å². The number of alkyl halides is 3. The Morgan fingerprint density at radius 3 is 2.74 bits per heavy atom. The number of nitrogens with zero attached hydrogens (tertiary/aromatic N) is 1. The molecule has 23 heavy (non-hydrogen) atoms. The Balaban J connectivity index is 1.71. The number of carbonyl (C=O) groups is 1. The van der Waals surface area contributed by atoms with Gasteiger partial charge in [-0.15, -0.1) is 0 Å². The lowest BCUT2D eigenvalue weighted by Gasteiger charge is -2.26. The van der Waals surface area contributed by atoms with Gasteiger partial charge in [0.15, 0.2) is 0 Å². The monoisotopic (exact) mass is 327 g/mol. The average Bonchev–Trinajstić information content (AvgIpc) is 2.92. The van der Waals surface area contributed by atoms with E-state index in [9.17, 15) is 18.0 Å². The SMILES string of the molecule is O=C1CCC2(CCCO2)CCN1Cc1cccc(C(F)(F)F)c1. The Morgan fingerprint density at radius 2 is 2.04 bits per heavy atom. The maximum atomic E-state index is 12.8. The molecule has 2 aliphatic heterocycles. The topological polar surface area (TPSA) is 29.5 Å². The maximum Gasteiger partial charge on any atom is 0.416 e. The van der Waals surface area contributed by atoms with E-state index in [1.807, 2.05) is 0 Å². The second-order valence-corrected chi connectivity index (χ2v) is 6.40. The van der Waals surface area contributed by atoms with Crippen LogP contribution in [0.2, 0.25) is 0 Å². The molecule has 0 saturated carbocycles. The number of ether oxygens (including phenoxy) is 1. The van der Waals surface area contributed by atoms with Crippen LogP contribution in [0.15, 0.2) is 24.3 Å². The lowest BCUT2D eigenvalue weighted by atomic mass is 9.92. The van der Waals surface area contributed by atoms with Gasteiger partial charge in [0.1, 0.15) is 0 Å². The molecule has 2 fully saturated rings. The second kappa shape index (κ2) is 6.15. The summed E-state index contributed by atoms with van der Waals surface area (Å²) in [6, 6.07) is 5.20. The van der Waals surface area contributed by atoms with E-state index in [1.54, 1.807) is 11.0 Å². The highest BCUT2D eigenvalue weighted by Gasteiger charge is 2.38. The van der Waals surface area contributed by atoms with Gasteiger partial charge >= 0.3 is 6.18 Å². The summed E-state index contributed by atoms with van der Waals surface area (Å²) in [7, 11) is 0. The Bertz CT molecular complexity index is 579. The third-order valence-electron chi connectivity index (χ3n) is 4.80. The zero-order valence-corrected chi connectivity index (χ0v) is 12.9. The van der Waals surface area contributed by atoms with Crippen molar-refractivity contribution < 1.29 is 22.7 Å². The van der Waals surface area contributed by atoms with Gasteiger partial charge in [-0.1, -0.05) is 12.1 Å². The third kappa shape index (κ3) is 3.68. The summed E-state index contributed by atoms with van der Waals surface area (Å²) in [5.74, 6) is -0.00483. The molecule has 6 heteroatoms. The number of hydrogen-bond acceptors (Lipinski definition) is 2. The van der Waals surface area contributed by atoms with Crippen molar-refractivity contribution in [1.82, 2.24) is 4.90 Å². The molecule has 1 aromatic rings. The summed E-state index contributed by atoms with van der Waals surface area (Å²) in [5, 5.41) is 0. The largest absolute Gasteiger partial charge is 0.416 e. The summed E-state index contributed by atoms with van der Waals surface area (Å²) in [6.07, 6.45) is -0.498. The van der Waals surface area contributed by atoms with Crippen LogP contribution in [0.25, 0.3) is 0 Å². The standard InChI is InChI=1S/C17H20F3NO2/c18-17(19,20)14-4-1-3-13(11-14)12-21-9-8-16(6-2-10-23-16)7-5-15(21)22/h1,3-4,11H,2,5-10,12H2. The van der Waals surface area contributed by atoms with Gasteiger partial charge in [0, 0.05) is 26.1 Å². The molecule has 126 valence electrons. The van der Waals surface area contributed by atoms with Crippen molar-refractivity contribution in [1.29, 1.82) is 0 Å². The van der Waals surface area contributed by atoms with Gasteiger partial charge in [-0.25, -0.2) is 0 Å². The van der Waals surface area contributed by atoms with Crippen molar-refractivity contribution in [2.75, 3.05) is 13.2 Å². The van der Waals surface area contributed by atoms with E-state index in [0.717, 1.165) is 38.0 Å². The first-order valence-corrected chi connectivity index (χ1v) is 7.96. The lowest BCUT2D eigenvalue weighted by Crippen LogP contribution is -2.32. The number of likely N-dealkylation sites (tertiary alicyclic amines) is 1. The van der Waals surface area contributed by atoms with Gasteiger partial charge in [0.2, 0.25) is 5.91 Å². The molecule has 0 radical (unpaired) electrons. The molecule has 0 bridgehead atoms. The normalized spacial score (nSPS) is 25.9. The van der Waals surface area contributed by atoms with Crippen LogP contribution in [-0.2, 0) is 22.3 Å². The molecule has 1 aromatic carbocycles. The zero-order valence-electron chi connectivity index (χ0n) is 12.9. The Labute approximate surface area is 133 Å². The Morgan fingerprint density at radius 1 is 1.22 bits per heavy atom. The molecule has 0 aliphatic carbocycles. The summed E-state index contributed by atoms with van der Waals surface area (Å²) < 4.78 is 44.2. The van der Waals surface area contributed by atoms with Crippen molar-refractivity contribution in [3.63, 3.8) is 0 Å². The molecule has 0 N–H and O–H groups in total. The van der Waals surface area contributed by atoms with Gasteiger partial charge in [-0.2, -0.15) is 13.2 Å². The molecule has 3 rings (SSSR count). The van der Waals surface area contributed by atoms with Crippen LogP contribution in [0.5, 0.6) is 0 Å². The Kier molecular flexibility index (Phi) is 4.36.